The van der Waals surface area contributed by atoms with E-state index in [2.05, 4.69) is 4.98 Å². The van der Waals surface area contributed by atoms with Crippen molar-refractivity contribution < 1.29 is 4.79 Å². The lowest BCUT2D eigenvalue weighted by molar-refractivity contribution is 0.0798. The fourth-order valence-electron chi connectivity index (χ4n) is 1.84. The van der Waals surface area contributed by atoms with E-state index in [4.69, 9.17) is 5.73 Å². The number of nitrogen functional groups attached to an aromatic ring is 1. The van der Waals surface area contributed by atoms with Crippen LogP contribution in [-0.2, 0) is 0 Å². The number of nitrogens with zero attached hydrogens (tertiary/aromatic N) is 3. The standard InChI is InChI=1S/C11H18N4OS/c1-3-14(2)11-13-9(12)8(17-11)10(16)15-6-4-5-7-15/h3-7,12H2,1-2H3. The van der Waals surface area contributed by atoms with Crippen LogP contribution in [0.15, 0.2) is 0 Å². The molecular formula is C11H18N4OS. The molecule has 2 N–H and O–H groups in total. The van der Waals surface area contributed by atoms with E-state index in [9.17, 15) is 4.79 Å². The van der Waals surface area contributed by atoms with Gasteiger partial charge in [-0.25, -0.2) is 4.98 Å². The molecule has 0 spiro atoms. The van der Waals surface area contributed by atoms with Crippen molar-refractivity contribution in [1.29, 1.82) is 0 Å². The molecular weight excluding hydrogens is 236 g/mol. The van der Waals surface area contributed by atoms with Crippen molar-refractivity contribution in [1.82, 2.24) is 9.88 Å². The SMILES string of the molecule is CCN(C)c1nc(N)c(C(=O)N2CCCC2)s1. The minimum absolute atomic E-state index is 0.0354. The van der Waals surface area contributed by atoms with Crippen molar-refractivity contribution in [3.8, 4) is 0 Å². The van der Waals surface area contributed by atoms with Crippen LogP contribution in [0.3, 0.4) is 0 Å². The first-order valence-electron chi connectivity index (χ1n) is 5.90. The quantitative estimate of drug-likeness (QED) is 0.886. The van der Waals surface area contributed by atoms with E-state index in [1.807, 2.05) is 23.8 Å². The van der Waals surface area contributed by atoms with Crippen LogP contribution in [-0.4, -0.2) is 42.5 Å². The molecule has 0 bridgehead atoms. The van der Waals surface area contributed by atoms with Gasteiger partial charge in [-0.3, -0.25) is 4.79 Å². The lowest BCUT2D eigenvalue weighted by atomic mass is 10.4. The van der Waals surface area contributed by atoms with E-state index >= 15 is 0 Å². The first kappa shape index (κ1) is 12.2. The Kier molecular flexibility index (Phi) is 3.51. The number of hydrogen-bond acceptors (Lipinski definition) is 5. The molecule has 17 heavy (non-hydrogen) atoms. The molecule has 1 fully saturated rings. The molecule has 2 rings (SSSR count). The van der Waals surface area contributed by atoms with Crippen molar-refractivity contribution in [2.24, 2.45) is 0 Å². The second kappa shape index (κ2) is 4.91. The predicted octanol–water partition coefficient (Wildman–Crippen LogP) is 1.42. The van der Waals surface area contributed by atoms with Gasteiger partial charge in [0.15, 0.2) is 5.13 Å². The molecule has 2 heterocycles. The van der Waals surface area contributed by atoms with Crippen LogP contribution in [0.1, 0.15) is 29.4 Å². The number of nitrogens with two attached hydrogens (primary N) is 1. The summed E-state index contributed by atoms with van der Waals surface area (Å²) >= 11 is 1.39. The van der Waals surface area contributed by atoms with Crippen LogP contribution in [0.2, 0.25) is 0 Å². The molecule has 1 amide bonds. The molecule has 0 aliphatic carbocycles. The second-order valence-electron chi connectivity index (χ2n) is 4.22. The number of carbonyl (C=O) groups is 1. The molecule has 0 aromatic carbocycles. The maximum atomic E-state index is 12.2. The third kappa shape index (κ3) is 2.36. The largest absolute Gasteiger partial charge is 0.382 e. The van der Waals surface area contributed by atoms with Gasteiger partial charge in [0, 0.05) is 26.7 Å². The predicted molar refractivity (Wildman–Crippen MR) is 70.6 cm³/mol. The number of aromatic nitrogens is 1. The van der Waals surface area contributed by atoms with E-state index in [1.165, 1.54) is 11.3 Å². The molecule has 1 aliphatic heterocycles. The molecule has 1 aromatic heterocycles. The molecule has 5 nitrogen and oxygen atoms in total. The van der Waals surface area contributed by atoms with E-state index in [0.29, 0.717) is 10.7 Å². The minimum Gasteiger partial charge on any atom is -0.382 e. The van der Waals surface area contributed by atoms with Gasteiger partial charge in [0.05, 0.1) is 0 Å². The van der Waals surface area contributed by atoms with E-state index in [0.717, 1.165) is 37.6 Å². The Morgan fingerprint density at radius 1 is 1.53 bits per heavy atom. The number of anilines is 2. The lowest BCUT2D eigenvalue weighted by Gasteiger charge is -2.14. The highest BCUT2D eigenvalue weighted by molar-refractivity contribution is 7.18. The Morgan fingerprint density at radius 2 is 2.18 bits per heavy atom. The Bertz CT molecular complexity index is 412. The van der Waals surface area contributed by atoms with Crippen molar-refractivity contribution in [3.05, 3.63) is 4.88 Å². The summed E-state index contributed by atoms with van der Waals surface area (Å²) in [5, 5.41) is 0.813. The highest BCUT2D eigenvalue weighted by Gasteiger charge is 2.24. The summed E-state index contributed by atoms with van der Waals surface area (Å²) in [5.74, 6) is 0.399. The van der Waals surface area contributed by atoms with Crippen LogP contribution < -0.4 is 10.6 Å². The molecule has 6 heteroatoms. The number of thiazole rings is 1. The Balaban J connectivity index is 2.20. The highest BCUT2D eigenvalue weighted by atomic mass is 32.1. The maximum absolute atomic E-state index is 12.2. The van der Waals surface area contributed by atoms with Crippen LogP contribution in [0, 0.1) is 0 Å². The number of rotatable bonds is 3. The fraction of sp³-hybridized carbons (Fsp3) is 0.636. The van der Waals surface area contributed by atoms with Crippen molar-refractivity contribution in [2.45, 2.75) is 19.8 Å². The molecule has 1 saturated heterocycles. The van der Waals surface area contributed by atoms with Gasteiger partial charge in [0.1, 0.15) is 10.7 Å². The zero-order chi connectivity index (χ0) is 12.4. The summed E-state index contributed by atoms with van der Waals surface area (Å²) in [7, 11) is 1.95. The third-order valence-corrected chi connectivity index (χ3v) is 4.20. The van der Waals surface area contributed by atoms with Gasteiger partial charge < -0.3 is 15.5 Å². The van der Waals surface area contributed by atoms with E-state index < -0.39 is 0 Å². The van der Waals surface area contributed by atoms with Gasteiger partial charge in [-0.1, -0.05) is 11.3 Å². The number of likely N-dealkylation sites (tertiary alicyclic amines) is 1. The Labute approximate surface area is 105 Å². The van der Waals surface area contributed by atoms with Crippen LogP contribution in [0.4, 0.5) is 10.9 Å². The summed E-state index contributed by atoms with van der Waals surface area (Å²) in [4.78, 5) is 20.9. The average molecular weight is 254 g/mol. The topological polar surface area (TPSA) is 62.5 Å². The summed E-state index contributed by atoms with van der Waals surface area (Å²) in [5.41, 5.74) is 5.83. The number of amides is 1. The molecule has 1 aliphatic rings. The van der Waals surface area contributed by atoms with Crippen molar-refractivity contribution >= 4 is 28.2 Å². The maximum Gasteiger partial charge on any atom is 0.267 e. The summed E-state index contributed by atoms with van der Waals surface area (Å²) in [6.45, 7) is 4.58. The zero-order valence-corrected chi connectivity index (χ0v) is 11.1. The van der Waals surface area contributed by atoms with Crippen molar-refractivity contribution in [3.63, 3.8) is 0 Å². The van der Waals surface area contributed by atoms with Gasteiger partial charge in [0.25, 0.3) is 5.91 Å². The molecule has 0 radical (unpaired) electrons. The summed E-state index contributed by atoms with van der Waals surface area (Å²) in [6, 6.07) is 0. The Hall–Kier alpha value is -1.30. The van der Waals surface area contributed by atoms with Crippen LogP contribution >= 0.6 is 11.3 Å². The molecule has 0 unspecified atom stereocenters. The highest BCUT2D eigenvalue weighted by Crippen LogP contribution is 2.29. The number of carbonyl (C=O) groups excluding carboxylic acids is 1. The fourth-order valence-corrected chi connectivity index (χ4v) is 2.81. The summed E-state index contributed by atoms with van der Waals surface area (Å²) in [6.07, 6.45) is 2.18. The van der Waals surface area contributed by atoms with E-state index in [-0.39, 0.29) is 5.91 Å². The van der Waals surface area contributed by atoms with Gasteiger partial charge in [-0.15, -0.1) is 0 Å². The summed E-state index contributed by atoms with van der Waals surface area (Å²) < 4.78 is 0. The smallest absolute Gasteiger partial charge is 0.267 e. The van der Waals surface area contributed by atoms with Gasteiger partial charge in [0.2, 0.25) is 0 Å². The monoisotopic (exact) mass is 254 g/mol. The lowest BCUT2D eigenvalue weighted by Crippen LogP contribution is -2.27. The molecule has 1 aromatic rings. The molecule has 94 valence electrons. The van der Waals surface area contributed by atoms with Crippen LogP contribution in [0.25, 0.3) is 0 Å². The first-order chi connectivity index (χ1) is 8.13. The van der Waals surface area contributed by atoms with Gasteiger partial charge in [-0.05, 0) is 19.8 Å². The van der Waals surface area contributed by atoms with Gasteiger partial charge in [-0.2, -0.15) is 0 Å². The third-order valence-electron chi connectivity index (χ3n) is 3.03. The van der Waals surface area contributed by atoms with Crippen molar-refractivity contribution in [2.75, 3.05) is 37.3 Å². The first-order valence-corrected chi connectivity index (χ1v) is 6.71. The Morgan fingerprint density at radius 3 is 2.76 bits per heavy atom. The average Bonchev–Trinajstić information content (AvgIpc) is 2.96. The van der Waals surface area contributed by atoms with E-state index in [1.54, 1.807) is 0 Å². The molecule has 0 atom stereocenters. The minimum atomic E-state index is 0.0354. The van der Waals surface area contributed by atoms with Crippen LogP contribution in [0.5, 0.6) is 0 Å². The normalized spacial score (nSPS) is 15.3. The van der Waals surface area contributed by atoms with Gasteiger partial charge >= 0.3 is 0 Å². The second-order valence-corrected chi connectivity index (χ2v) is 5.20. The number of hydrogen-bond donors (Lipinski definition) is 1. The zero-order valence-electron chi connectivity index (χ0n) is 10.3. The molecule has 0 saturated carbocycles.